The molecule has 0 bridgehead atoms. The lowest BCUT2D eigenvalue weighted by molar-refractivity contribution is 0.909. The molecule has 9 aromatic carbocycles. The van der Waals surface area contributed by atoms with Gasteiger partial charge in [0.15, 0.2) is 0 Å². The van der Waals surface area contributed by atoms with Gasteiger partial charge in [-0.25, -0.2) is 4.98 Å². The number of rotatable bonds is 7. The maximum atomic E-state index is 4.99. The fourth-order valence-corrected chi connectivity index (χ4v) is 8.43. The topological polar surface area (TPSA) is 17.8 Å². The molecule has 0 radical (unpaired) electrons. The lowest BCUT2D eigenvalue weighted by Crippen LogP contribution is -2.02. The first-order valence-corrected chi connectivity index (χ1v) is 19.1. The molecule has 0 aliphatic rings. The third-order valence-electron chi connectivity index (χ3n) is 10.9. The molecule has 0 aliphatic carbocycles. The third kappa shape index (κ3) is 5.71. The summed E-state index contributed by atoms with van der Waals surface area (Å²) in [7, 11) is 0. The van der Waals surface area contributed by atoms with E-state index in [0.29, 0.717) is 0 Å². The van der Waals surface area contributed by atoms with Crippen LogP contribution in [0.1, 0.15) is 12.7 Å². The Morgan fingerprint density at radius 1 is 0.382 bits per heavy atom. The van der Waals surface area contributed by atoms with E-state index < -0.39 is 0 Å². The van der Waals surface area contributed by atoms with Crippen molar-refractivity contribution in [3.8, 4) is 61.3 Å². The average Bonchev–Trinajstić information content (AvgIpc) is 3.65. The van der Waals surface area contributed by atoms with Crippen molar-refractivity contribution in [1.29, 1.82) is 0 Å². The van der Waals surface area contributed by atoms with E-state index in [0.717, 1.165) is 29.0 Å². The quantitative estimate of drug-likeness (QED) is 0.151. The monoisotopic (exact) mass is 702 g/mol. The summed E-state index contributed by atoms with van der Waals surface area (Å²) in [6, 6.07) is 72.7. The number of para-hydroxylation sites is 3. The maximum absolute atomic E-state index is 4.99. The molecule has 10 rings (SSSR count). The maximum Gasteiger partial charge on any atom is 0.114 e. The zero-order chi connectivity index (χ0) is 36.7. The standard InChI is InChI=1S/C53H38N2/c1-2-51-54-48-26-14-16-28-50(48)55(51)49-27-15-13-21-43(49)38-29-31-39(32-30-38)52-44-22-9-11-24-46(44)53(47-25-12-10-23-45(47)52)42-34-40(36-17-5-3-6-18-36)33-41(35-42)37-19-7-4-8-20-37/h3-35H,2H2,1H3. The first-order valence-electron chi connectivity index (χ1n) is 19.1. The molecule has 1 heterocycles. The van der Waals surface area contributed by atoms with Crippen LogP contribution in [0.4, 0.5) is 0 Å². The number of aromatic nitrogens is 2. The van der Waals surface area contributed by atoms with Gasteiger partial charge in [-0.15, -0.1) is 0 Å². The number of aryl methyl sites for hydroxylation is 1. The highest BCUT2D eigenvalue weighted by atomic mass is 15.1. The van der Waals surface area contributed by atoms with Crippen LogP contribution >= 0.6 is 0 Å². The van der Waals surface area contributed by atoms with Crippen LogP contribution in [0.25, 0.3) is 93.9 Å². The molecule has 0 atom stereocenters. The van der Waals surface area contributed by atoms with Crippen LogP contribution in [0.15, 0.2) is 200 Å². The van der Waals surface area contributed by atoms with Gasteiger partial charge in [0.1, 0.15) is 5.82 Å². The smallest absolute Gasteiger partial charge is 0.114 e. The molecule has 2 heteroatoms. The Labute approximate surface area is 321 Å². The fourth-order valence-electron chi connectivity index (χ4n) is 8.43. The van der Waals surface area contributed by atoms with Crippen LogP contribution < -0.4 is 0 Å². The molecule has 0 unspecified atom stereocenters. The molecule has 0 aliphatic heterocycles. The lowest BCUT2D eigenvalue weighted by Gasteiger charge is -2.19. The summed E-state index contributed by atoms with van der Waals surface area (Å²) in [5, 5.41) is 4.98. The van der Waals surface area contributed by atoms with Crippen molar-refractivity contribution in [3.05, 3.63) is 206 Å². The van der Waals surface area contributed by atoms with Crippen molar-refractivity contribution < 1.29 is 0 Å². The minimum absolute atomic E-state index is 0.849. The van der Waals surface area contributed by atoms with Gasteiger partial charge in [0.25, 0.3) is 0 Å². The van der Waals surface area contributed by atoms with Gasteiger partial charge in [-0.1, -0.05) is 171 Å². The molecule has 0 spiro atoms. The number of hydrogen-bond acceptors (Lipinski definition) is 1. The molecule has 0 saturated carbocycles. The Bertz CT molecular complexity index is 2880. The zero-order valence-corrected chi connectivity index (χ0v) is 30.7. The van der Waals surface area contributed by atoms with Crippen molar-refractivity contribution in [1.82, 2.24) is 9.55 Å². The second kappa shape index (κ2) is 13.7. The molecule has 0 amide bonds. The first kappa shape index (κ1) is 32.6. The third-order valence-corrected chi connectivity index (χ3v) is 10.9. The van der Waals surface area contributed by atoms with Crippen LogP contribution in [-0.4, -0.2) is 9.55 Å². The molecule has 55 heavy (non-hydrogen) atoms. The Kier molecular flexibility index (Phi) is 8.15. The lowest BCUT2D eigenvalue weighted by atomic mass is 9.84. The summed E-state index contributed by atoms with van der Waals surface area (Å²) in [4.78, 5) is 4.99. The Hall–Kier alpha value is -7.03. The summed E-state index contributed by atoms with van der Waals surface area (Å²) in [6.07, 6.45) is 0.849. The molecule has 0 saturated heterocycles. The van der Waals surface area contributed by atoms with E-state index in [1.807, 2.05) is 0 Å². The van der Waals surface area contributed by atoms with Crippen LogP contribution in [0.3, 0.4) is 0 Å². The minimum atomic E-state index is 0.849. The van der Waals surface area contributed by atoms with E-state index in [-0.39, 0.29) is 0 Å². The van der Waals surface area contributed by atoms with Gasteiger partial charge >= 0.3 is 0 Å². The van der Waals surface area contributed by atoms with Crippen molar-refractivity contribution in [2.45, 2.75) is 13.3 Å². The molecule has 10 aromatic rings. The van der Waals surface area contributed by atoms with E-state index in [1.54, 1.807) is 0 Å². The molecule has 0 fully saturated rings. The van der Waals surface area contributed by atoms with Crippen molar-refractivity contribution in [2.75, 3.05) is 0 Å². The summed E-state index contributed by atoms with van der Waals surface area (Å²) in [6.45, 7) is 2.18. The highest BCUT2D eigenvalue weighted by Gasteiger charge is 2.19. The van der Waals surface area contributed by atoms with Gasteiger partial charge in [0.2, 0.25) is 0 Å². The SMILES string of the molecule is CCc1nc2ccccc2n1-c1ccccc1-c1ccc(-c2c3ccccc3c(-c3cc(-c4ccccc4)cc(-c4ccccc4)c3)c3ccccc23)cc1. The number of hydrogen-bond donors (Lipinski definition) is 0. The number of benzene rings is 9. The molecular formula is C53H38N2. The van der Waals surface area contributed by atoms with Crippen LogP contribution in [0.2, 0.25) is 0 Å². The first-order chi connectivity index (χ1) is 27.2. The summed E-state index contributed by atoms with van der Waals surface area (Å²) < 4.78 is 2.33. The second-order valence-corrected chi connectivity index (χ2v) is 14.2. The van der Waals surface area contributed by atoms with Crippen LogP contribution in [0.5, 0.6) is 0 Å². The largest absolute Gasteiger partial charge is 0.296 e. The van der Waals surface area contributed by atoms with Gasteiger partial charge in [0.05, 0.1) is 16.7 Å². The van der Waals surface area contributed by atoms with E-state index in [9.17, 15) is 0 Å². The average molecular weight is 703 g/mol. The summed E-state index contributed by atoms with van der Waals surface area (Å²) in [5.41, 5.74) is 15.4. The number of fused-ring (bicyclic) bond motifs is 3. The Morgan fingerprint density at radius 2 is 0.836 bits per heavy atom. The number of imidazole rings is 1. The highest BCUT2D eigenvalue weighted by Crippen LogP contribution is 2.45. The number of nitrogens with zero attached hydrogens (tertiary/aromatic N) is 2. The highest BCUT2D eigenvalue weighted by molar-refractivity contribution is 6.21. The Balaban J connectivity index is 1.15. The molecule has 2 nitrogen and oxygen atoms in total. The van der Waals surface area contributed by atoms with Crippen LogP contribution in [0, 0.1) is 0 Å². The van der Waals surface area contributed by atoms with E-state index in [2.05, 4.69) is 212 Å². The fraction of sp³-hybridized carbons (Fsp3) is 0.0377. The minimum Gasteiger partial charge on any atom is -0.296 e. The Morgan fingerprint density at radius 3 is 1.42 bits per heavy atom. The van der Waals surface area contributed by atoms with Gasteiger partial charge in [0, 0.05) is 12.0 Å². The predicted octanol–water partition coefficient (Wildman–Crippen LogP) is 14.2. The van der Waals surface area contributed by atoms with E-state index in [1.165, 1.54) is 77.2 Å². The molecule has 1 aromatic heterocycles. The van der Waals surface area contributed by atoms with E-state index in [4.69, 9.17) is 4.98 Å². The summed E-state index contributed by atoms with van der Waals surface area (Å²) >= 11 is 0. The second-order valence-electron chi connectivity index (χ2n) is 14.2. The van der Waals surface area contributed by atoms with Gasteiger partial charge in [-0.05, 0) is 108 Å². The van der Waals surface area contributed by atoms with Crippen molar-refractivity contribution >= 4 is 32.6 Å². The predicted molar refractivity (Wildman–Crippen MR) is 233 cm³/mol. The van der Waals surface area contributed by atoms with Gasteiger partial charge in [-0.2, -0.15) is 0 Å². The summed E-state index contributed by atoms with van der Waals surface area (Å²) in [5.74, 6) is 1.06. The van der Waals surface area contributed by atoms with Gasteiger partial charge < -0.3 is 0 Å². The van der Waals surface area contributed by atoms with Crippen molar-refractivity contribution in [3.63, 3.8) is 0 Å². The van der Waals surface area contributed by atoms with Gasteiger partial charge in [-0.3, -0.25) is 4.57 Å². The zero-order valence-electron chi connectivity index (χ0n) is 30.7. The van der Waals surface area contributed by atoms with Crippen molar-refractivity contribution in [2.24, 2.45) is 0 Å². The molecular weight excluding hydrogens is 665 g/mol. The molecule has 260 valence electrons. The van der Waals surface area contributed by atoms with E-state index >= 15 is 0 Å². The normalized spacial score (nSPS) is 11.4. The van der Waals surface area contributed by atoms with Crippen LogP contribution in [-0.2, 0) is 6.42 Å². The molecule has 0 N–H and O–H groups in total.